The van der Waals surface area contributed by atoms with Crippen molar-refractivity contribution in [2.75, 3.05) is 0 Å². The van der Waals surface area contributed by atoms with Gasteiger partial charge in [0.1, 0.15) is 11.5 Å². The van der Waals surface area contributed by atoms with E-state index in [9.17, 15) is 9.59 Å². The van der Waals surface area contributed by atoms with Crippen LogP contribution in [-0.2, 0) is 9.59 Å². The van der Waals surface area contributed by atoms with Crippen molar-refractivity contribution in [2.24, 2.45) is 5.41 Å². The van der Waals surface area contributed by atoms with Crippen molar-refractivity contribution < 1.29 is 9.59 Å². The second-order valence-electron chi connectivity index (χ2n) is 7.02. The highest BCUT2D eigenvalue weighted by Crippen LogP contribution is 2.41. The smallest absolute Gasteiger partial charge is 0.235 e. The minimum atomic E-state index is -0.815. The average molecular weight is 273 g/mol. The van der Waals surface area contributed by atoms with Crippen LogP contribution in [0.5, 0.6) is 0 Å². The lowest BCUT2D eigenvalue weighted by Crippen LogP contribution is -2.53. The molecule has 2 rings (SSSR count). The Kier molecular flexibility index (Phi) is 3.28. The summed E-state index contributed by atoms with van der Waals surface area (Å²) in [7, 11) is 0. The zero-order valence-electron chi connectivity index (χ0n) is 13.1. The standard InChI is InChI=1S/C17H23NO2/c1-10-7-8-11(2)12(9-10)13-14(19)17(6,16(3,4)5)18-15(13)20/h7-9,13H,1-6H3,(H,18,20). The lowest BCUT2D eigenvalue weighted by atomic mass is 9.71. The number of Topliss-reactive ketones (excluding diaryl/α,β-unsaturated/α-hetero) is 1. The first-order valence-electron chi connectivity index (χ1n) is 7.01. The van der Waals surface area contributed by atoms with Gasteiger partial charge in [-0.1, -0.05) is 44.5 Å². The number of nitrogens with one attached hydrogen (secondary N) is 1. The lowest BCUT2D eigenvalue weighted by molar-refractivity contribution is -0.126. The molecule has 0 radical (unpaired) electrons. The molecule has 1 saturated heterocycles. The van der Waals surface area contributed by atoms with Gasteiger partial charge in [-0.3, -0.25) is 9.59 Å². The number of aryl methyl sites for hydroxylation is 2. The van der Waals surface area contributed by atoms with Crippen molar-refractivity contribution in [2.45, 2.75) is 53.0 Å². The van der Waals surface area contributed by atoms with Crippen molar-refractivity contribution in [1.29, 1.82) is 0 Å². The minimum Gasteiger partial charge on any atom is -0.342 e. The summed E-state index contributed by atoms with van der Waals surface area (Å²) in [6.07, 6.45) is 0. The van der Waals surface area contributed by atoms with Crippen LogP contribution in [0.25, 0.3) is 0 Å². The Hall–Kier alpha value is -1.64. The van der Waals surface area contributed by atoms with Crippen LogP contribution in [0, 0.1) is 19.3 Å². The summed E-state index contributed by atoms with van der Waals surface area (Å²) in [4.78, 5) is 25.2. The normalized spacial score (nSPS) is 26.8. The Labute approximate surface area is 120 Å². The predicted molar refractivity (Wildman–Crippen MR) is 79.7 cm³/mol. The van der Waals surface area contributed by atoms with Gasteiger partial charge in [0.25, 0.3) is 0 Å². The highest BCUT2D eigenvalue weighted by Gasteiger charge is 2.55. The van der Waals surface area contributed by atoms with Crippen LogP contribution in [0.3, 0.4) is 0 Å². The minimum absolute atomic E-state index is 0.0244. The van der Waals surface area contributed by atoms with E-state index in [4.69, 9.17) is 0 Å². The number of benzene rings is 1. The number of hydrogen-bond donors (Lipinski definition) is 1. The van der Waals surface area contributed by atoms with Gasteiger partial charge in [-0.2, -0.15) is 0 Å². The van der Waals surface area contributed by atoms with Gasteiger partial charge in [0, 0.05) is 0 Å². The van der Waals surface area contributed by atoms with Crippen LogP contribution >= 0.6 is 0 Å². The number of amides is 1. The SMILES string of the molecule is Cc1ccc(C)c(C2C(=O)NC(C)(C(C)(C)C)C2=O)c1. The van der Waals surface area contributed by atoms with E-state index in [2.05, 4.69) is 5.32 Å². The maximum Gasteiger partial charge on any atom is 0.235 e. The highest BCUT2D eigenvalue weighted by molar-refractivity contribution is 6.17. The van der Waals surface area contributed by atoms with Gasteiger partial charge < -0.3 is 5.32 Å². The zero-order valence-corrected chi connectivity index (χ0v) is 13.1. The molecule has 0 saturated carbocycles. The molecule has 0 bridgehead atoms. The topological polar surface area (TPSA) is 46.2 Å². The molecule has 3 heteroatoms. The molecule has 1 fully saturated rings. The van der Waals surface area contributed by atoms with E-state index >= 15 is 0 Å². The molecule has 1 aliphatic heterocycles. The summed E-state index contributed by atoms with van der Waals surface area (Å²) in [5.74, 6) is -0.885. The van der Waals surface area contributed by atoms with E-state index in [1.165, 1.54) is 0 Å². The van der Waals surface area contributed by atoms with Crippen molar-refractivity contribution >= 4 is 11.7 Å². The molecule has 1 N–H and O–H groups in total. The first-order valence-corrected chi connectivity index (χ1v) is 7.01. The van der Waals surface area contributed by atoms with Crippen molar-refractivity contribution in [3.63, 3.8) is 0 Å². The van der Waals surface area contributed by atoms with E-state index < -0.39 is 11.5 Å². The van der Waals surface area contributed by atoms with Gasteiger partial charge in [0.05, 0.1) is 0 Å². The summed E-state index contributed by atoms with van der Waals surface area (Å²) in [5.41, 5.74) is 1.76. The van der Waals surface area contributed by atoms with E-state index in [0.29, 0.717) is 0 Å². The molecule has 108 valence electrons. The summed E-state index contributed by atoms with van der Waals surface area (Å²) >= 11 is 0. The number of ketones is 1. The largest absolute Gasteiger partial charge is 0.342 e. The molecule has 1 amide bonds. The number of carbonyl (C=O) groups is 2. The van der Waals surface area contributed by atoms with Crippen LogP contribution in [-0.4, -0.2) is 17.2 Å². The molecular weight excluding hydrogens is 250 g/mol. The second kappa shape index (κ2) is 4.44. The second-order valence-corrected chi connectivity index (χ2v) is 7.02. The Balaban J connectivity index is 2.52. The van der Waals surface area contributed by atoms with Crippen LogP contribution < -0.4 is 5.32 Å². The van der Waals surface area contributed by atoms with Gasteiger partial charge in [0.2, 0.25) is 5.91 Å². The third kappa shape index (κ3) is 2.05. The summed E-state index contributed by atoms with van der Waals surface area (Å²) < 4.78 is 0. The molecule has 1 aliphatic rings. The average Bonchev–Trinajstić information content (AvgIpc) is 2.54. The van der Waals surface area contributed by atoms with Gasteiger partial charge >= 0.3 is 0 Å². The molecule has 20 heavy (non-hydrogen) atoms. The van der Waals surface area contributed by atoms with Crippen molar-refractivity contribution in [3.8, 4) is 0 Å². The predicted octanol–water partition coefficient (Wildman–Crippen LogP) is 2.89. The molecule has 2 atom stereocenters. The monoisotopic (exact) mass is 273 g/mol. The summed E-state index contributed by atoms with van der Waals surface area (Å²) in [6, 6.07) is 5.92. The fourth-order valence-corrected chi connectivity index (χ4v) is 2.70. The fourth-order valence-electron chi connectivity index (χ4n) is 2.70. The summed E-state index contributed by atoms with van der Waals surface area (Å²) in [5, 5.41) is 2.93. The van der Waals surface area contributed by atoms with Crippen molar-refractivity contribution in [1.82, 2.24) is 5.32 Å². The van der Waals surface area contributed by atoms with E-state index in [1.807, 2.05) is 59.7 Å². The molecule has 1 aromatic carbocycles. The van der Waals surface area contributed by atoms with E-state index in [1.54, 1.807) is 0 Å². The zero-order chi connectivity index (χ0) is 15.3. The quantitative estimate of drug-likeness (QED) is 0.800. The maximum atomic E-state index is 12.9. The first kappa shape index (κ1) is 14.8. The van der Waals surface area contributed by atoms with Crippen LogP contribution in [0.2, 0.25) is 0 Å². The number of rotatable bonds is 1. The first-order chi connectivity index (χ1) is 9.08. The molecule has 0 aliphatic carbocycles. The summed E-state index contributed by atoms with van der Waals surface area (Å²) in [6.45, 7) is 11.7. The Bertz CT molecular complexity index is 583. The molecule has 1 heterocycles. The number of carbonyl (C=O) groups excluding carboxylic acids is 2. The molecule has 0 aromatic heterocycles. The van der Waals surface area contributed by atoms with Crippen molar-refractivity contribution in [3.05, 3.63) is 34.9 Å². The van der Waals surface area contributed by atoms with Crippen LogP contribution in [0.1, 0.15) is 50.3 Å². The maximum absolute atomic E-state index is 12.9. The van der Waals surface area contributed by atoms with Gasteiger partial charge in [-0.25, -0.2) is 0 Å². The Morgan fingerprint density at radius 1 is 1.15 bits per heavy atom. The van der Waals surface area contributed by atoms with Crippen LogP contribution in [0.15, 0.2) is 18.2 Å². The van der Waals surface area contributed by atoms with Gasteiger partial charge in [-0.05, 0) is 37.3 Å². The Morgan fingerprint density at radius 2 is 1.75 bits per heavy atom. The fraction of sp³-hybridized carbons (Fsp3) is 0.529. The molecule has 3 nitrogen and oxygen atoms in total. The Morgan fingerprint density at radius 3 is 2.25 bits per heavy atom. The third-order valence-corrected chi connectivity index (χ3v) is 4.64. The number of hydrogen-bond acceptors (Lipinski definition) is 2. The molecule has 2 unspecified atom stereocenters. The molecular formula is C17H23NO2. The molecule has 0 spiro atoms. The lowest BCUT2D eigenvalue weighted by Gasteiger charge is -2.36. The van der Waals surface area contributed by atoms with E-state index in [0.717, 1.165) is 16.7 Å². The van der Waals surface area contributed by atoms with E-state index in [-0.39, 0.29) is 17.1 Å². The highest BCUT2D eigenvalue weighted by atomic mass is 16.2. The van der Waals surface area contributed by atoms with Gasteiger partial charge in [-0.15, -0.1) is 0 Å². The van der Waals surface area contributed by atoms with Crippen LogP contribution in [0.4, 0.5) is 0 Å². The van der Waals surface area contributed by atoms with Gasteiger partial charge in [0.15, 0.2) is 5.78 Å². The third-order valence-electron chi connectivity index (χ3n) is 4.64. The molecule has 1 aromatic rings.